The molecule has 0 aromatic heterocycles. The van der Waals surface area contributed by atoms with Crippen molar-refractivity contribution in [1.29, 1.82) is 0 Å². The molecule has 23 heavy (non-hydrogen) atoms. The van der Waals surface area contributed by atoms with Crippen LogP contribution in [-0.4, -0.2) is 48.9 Å². The van der Waals surface area contributed by atoms with Crippen molar-refractivity contribution in [2.75, 3.05) is 33.2 Å². The number of benzene rings is 2. The van der Waals surface area contributed by atoms with E-state index >= 15 is 0 Å². The molecule has 0 unspecified atom stereocenters. The van der Waals surface area contributed by atoms with Gasteiger partial charge in [0.1, 0.15) is 0 Å². The maximum atomic E-state index is 12.3. The molecule has 0 bridgehead atoms. The van der Waals surface area contributed by atoms with Crippen LogP contribution in [0.15, 0.2) is 54.6 Å². The summed E-state index contributed by atoms with van der Waals surface area (Å²) in [5.74, 6) is 5.79. The van der Waals surface area contributed by atoms with Crippen LogP contribution in [-0.2, 0) is 4.79 Å². The van der Waals surface area contributed by atoms with E-state index in [1.807, 2.05) is 47.4 Å². The van der Waals surface area contributed by atoms with Crippen molar-refractivity contribution in [2.45, 2.75) is 0 Å². The summed E-state index contributed by atoms with van der Waals surface area (Å²) in [7, 11) is 2.07. The van der Waals surface area contributed by atoms with E-state index in [9.17, 15) is 4.79 Å². The van der Waals surface area contributed by atoms with E-state index in [0.29, 0.717) is 0 Å². The maximum Gasteiger partial charge on any atom is 0.298 e. The average molecular weight is 304 g/mol. The number of hydrogen-bond acceptors (Lipinski definition) is 2. The van der Waals surface area contributed by atoms with Crippen molar-refractivity contribution in [1.82, 2.24) is 9.80 Å². The first kappa shape index (κ1) is 15.3. The highest BCUT2D eigenvalue weighted by Crippen LogP contribution is 2.22. The molecule has 2 aromatic carbocycles. The summed E-state index contributed by atoms with van der Waals surface area (Å²) in [5, 5.41) is 0. The van der Waals surface area contributed by atoms with Crippen LogP contribution in [0.5, 0.6) is 0 Å². The predicted molar refractivity (Wildman–Crippen MR) is 92.8 cm³/mol. The van der Waals surface area contributed by atoms with Crippen LogP contribution in [0, 0.1) is 11.8 Å². The first-order valence-corrected chi connectivity index (χ1v) is 7.88. The molecule has 0 atom stereocenters. The lowest BCUT2D eigenvalue weighted by molar-refractivity contribution is -0.126. The van der Waals surface area contributed by atoms with Crippen LogP contribution in [0.1, 0.15) is 5.56 Å². The van der Waals surface area contributed by atoms with Crippen LogP contribution >= 0.6 is 0 Å². The zero-order chi connectivity index (χ0) is 16.1. The average Bonchev–Trinajstić information content (AvgIpc) is 2.61. The Balaban J connectivity index is 1.80. The summed E-state index contributed by atoms with van der Waals surface area (Å²) in [5.41, 5.74) is 3.07. The number of hydrogen-bond donors (Lipinski definition) is 0. The lowest BCUT2D eigenvalue weighted by Crippen LogP contribution is -2.46. The molecule has 1 aliphatic rings. The number of rotatable bonds is 1. The summed E-state index contributed by atoms with van der Waals surface area (Å²) in [4.78, 5) is 16.3. The Bertz CT molecular complexity index is 735. The highest BCUT2D eigenvalue weighted by atomic mass is 16.2. The zero-order valence-corrected chi connectivity index (χ0v) is 13.3. The number of piperazine rings is 1. The highest BCUT2D eigenvalue weighted by Gasteiger charge is 2.17. The van der Waals surface area contributed by atoms with Crippen molar-refractivity contribution in [3.05, 3.63) is 60.2 Å². The van der Waals surface area contributed by atoms with Gasteiger partial charge in [0, 0.05) is 37.7 Å². The Kier molecular flexibility index (Phi) is 4.75. The Morgan fingerprint density at radius 3 is 2.30 bits per heavy atom. The Morgan fingerprint density at radius 2 is 1.57 bits per heavy atom. The molecular weight excluding hydrogens is 284 g/mol. The summed E-state index contributed by atoms with van der Waals surface area (Å²) >= 11 is 0. The molecule has 116 valence electrons. The number of likely N-dealkylation sites (N-methyl/N-ethyl adjacent to an activating group) is 1. The first-order valence-electron chi connectivity index (χ1n) is 7.88. The first-order chi connectivity index (χ1) is 11.2. The second-order valence-electron chi connectivity index (χ2n) is 5.76. The van der Waals surface area contributed by atoms with E-state index in [-0.39, 0.29) is 5.91 Å². The summed E-state index contributed by atoms with van der Waals surface area (Å²) in [6.45, 7) is 3.33. The lowest BCUT2D eigenvalue weighted by atomic mass is 10.00. The van der Waals surface area contributed by atoms with Crippen LogP contribution in [0.2, 0.25) is 0 Å². The second-order valence-corrected chi connectivity index (χ2v) is 5.76. The van der Waals surface area contributed by atoms with E-state index in [0.717, 1.165) is 42.9 Å². The van der Waals surface area contributed by atoms with Crippen LogP contribution in [0.3, 0.4) is 0 Å². The lowest BCUT2D eigenvalue weighted by Gasteiger charge is -2.30. The van der Waals surface area contributed by atoms with Gasteiger partial charge in [0.15, 0.2) is 0 Å². The number of carbonyl (C=O) groups excluding carboxylic acids is 1. The van der Waals surface area contributed by atoms with E-state index in [1.165, 1.54) is 0 Å². The van der Waals surface area contributed by atoms with Gasteiger partial charge >= 0.3 is 0 Å². The fourth-order valence-electron chi connectivity index (χ4n) is 2.67. The number of amides is 1. The Labute approximate surface area is 137 Å². The van der Waals surface area contributed by atoms with Gasteiger partial charge in [-0.1, -0.05) is 54.5 Å². The third kappa shape index (κ3) is 3.80. The van der Waals surface area contributed by atoms with Gasteiger partial charge in [0.2, 0.25) is 0 Å². The molecule has 3 nitrogen and oxygen atoms in total. The van der Waals surface area contributed by atoms with Gasteiger partial charge in [-0.2, -0.15) is 0 Å². The molecule has 1 amide bonds. The standard InChI is InChI=1S/C20H20N2O/c1-21-13-15-22(16-14-21)20(23)12-11-18-9-5-6-10-19(18)17-7-3-2-4-8-17/h2-10H,13-16H2,1H3. The van der Waals surface area contributed by atoms with Crippen LogP contribution < -0.4 is 0 Å². The molecule has 3 rings (SSSR count). The molecule has 0 aliphatic carbocycles. The molecule has 2 aromatic rings. The molecule has 1 fully saturated rings. The largest absolute Gasteiger partial charge is 0.329 e. The summed E-state index contributed by atoms with van der Waals surface area (Å²) < 4.78 is 0. The normalized spacial score (nSPS) is 14.9. The summed E-state index contributed by atoms with van der Waals surface area (Å²) in [6.07, 6.45) is 0. The molecule has 0 radical (unpaired) electrons. The second kappa shape index (κ2) is 7.13. The third-order valence-electron chi connectivity index (χ3n) is 4.11. The Hall–Kier alpha value is -2.57. The van der Waals surface area contributed by atoms with Crippen molar-refractivity contribution < 1.29 is 4.79 Å². The van der Waals surface area contributed by atoms with Crippen LogP contribution in [0.25, 0.3) is 11.1 Å². The van der Waals surface area contributed by atoms with Gasteiger partial charge in [-0.05, 0) is 24.2 Å². The molecule has 1 heterocycles. The minimum Gasteiger partial charge on any atom is -0.329 e. The van der Waals surface area contributed by atoms with Gasteiger partial charge in [0.25, 0.3) is 5.91 Å². The third-order valence-corrected chi connectivity index (χ3v) is 4.11. The SMILES string of the molecule is CN1CCN(C(=O)C#Cc2ccccc2-c2ccccc2)CC1. The van der Waals surface area contributed by atoms with Crippen molar-refractivity contribution in [3.8, 4) is 23.0 Å². The molecule has 3 heteroatoms. The fourth-order valence-corrected chi connectivity index (χ4v) is 2.67. The monoisotopic (exact) mass is 304 g/mol. The molecule has 0 N–H and O–H groups in total. The zero-order valence-electron chi connectivity index (χ0n) is 13.3. The minimum atomic E-state index is -0.0824. The quantitative estimate of drug-likeness (QED) is 0.756. The summed E-state index contributed by atoms with van der Waals surface area (Å²) in [6, 6.07) is 18.1. The fraction of sp³-hybridized carbons (Fsp3) is 0.250. The van der Waals surface area contributed by atoms with E-state index in [1.54, 1.807) is 0 Å². The van der Waals surface area contributed by atoms with Gasteiger partial charge in [0.05, 0.1) is 0 Å². The van der Waals surface area contributed by atoms with E-state index in [2.05, 4.69) is 35.9 Å². The van der Waals surface area contributed by atoms with Crippen molar-refractivity contribution in [2.24, 2.45) is 0 Å². The molecular formula is C20H20N2O. The predicted octanol–water partition coefficient (Wildman–Crippen LogP) is 2.48. The van der Waals surface area contributed by atoms with E-state index in [4.69, 9.17) is 0 Å². The van der Waals surface area contributed by atoms with Gasteiger partial charge in [-0.15, -0.1) is 0 Å². The topological polar surface area (TPSA) is 23.6 Å². The highest BCUT2D eigenvalue weighted by molar-refractivity contribution is 5.94. The van der Waals surface area contributed by atoms with Crippen LogP contribution in [0.4, 0.5) is 0 Å². The molecule has 0 saturated carbocycles. The maximum absolute atomic E-state index is 12.3. The van der Waals surface area contributed by atoms with Gasteiger partial charge in [-0.3, -0.25) is 4.79 Å². The number of nitrogens with zero attached hydrogens (tertiary/aromatic N) is 2. The molecule has 1 saturated heterocycles. The van der Waals surface area contributed by atoms with E-state index < -0.39 is 0 Å². The Morgan fingerprint density at radius 1 is 0.913 bits per heavy atom. The van der Waals surface area contributed by atoms with Crippen molar-refractivity contribution in [3.63, 3.8) is 0 Å². The minimum absolute atomic E-state index is 0.0824. The van der Waals surface area contributed by atoms with Crippen molar-refractivity contribution >= 4 is 5.91 Å². The molecule has 1 aliphatic heterocycles. The smallest absolute Gasteiger partial charge is 0.298 e. The van der Waals surface area contributed by atoms with Gasteiger partial charge in [-0.25, -0.2) is 0 Å². The van der Waals surface area contributed by atoms with Gasteiger partial charge < -0.3 is 9.80 Å². The molecule has 0 spiro atoms. The number of carbonyl (C=O) groups is 1.